The first-order valence-corrected chi connectivity index (χ1v) is 5.73. The smallest absolute Gasteiger partial charge is 0.122 e. The maximum atomic E-state index is 5.37. The van der Waals surface area contributed by atoms with Crippen LogP contribution in [0, 0.1) is 5.92 Å². The van der Waals surface area contributed by atoms with Gasteiger partial charge in [-0.1, -0.05) is 18.2 Å². The second-order valence-corrected chi connectivity index (χ2v) is 4.23. The molecule has 1 N–H and O–H groups in total. The van der Waals surface area contributed by atoms with Gasteiger partial charge < -0.3 is 10.1 Å². The normalized spacial score (nSPS) is 19.9. The summed E-state index contributed by atoms with van der Waals surface area (Å²) in [5.41, 5.74) is 1.34. The maximum absolute atomic E-state index is 5.37. The molecular formula is C13H20ClNO. The lowest BCUT2D eigenvalue weighted by molar-refractivity contribution is 0.364. The summed E-state index contributed by atoms with van der Waals surface area (Å²) in [7, 11) is 1.75. The van der Waals surface area contributed by atoms with E-state index in [1.165, 1.54) is 24.9 Å². The van der Waals surface area contributed by atoms with Crippen LogP contribution in [0.4, 0.5) is 0 Å². The molecule has 1 aromatic rings. The molecule has 0 aliphatic carbocycles. The molecule has 0 radical (unpaired) electrons. The average Bonchev–Trinajstić information content (AvgIpc) is 2.31. The lowest BCUT2D eigenvalue weighted by Gasteiger charge is -2.23. The van der Waals surface area contributed by atoms with E-state index < -0.39 is 0 Å². The highest BCUT2D eigenvalue weighted by Gasteiger charge is 2.15. The van der Waals surface area contributed by atoms with Gasteiger partial charge in [0.15, 0.2) is 0 Å². The van der Waals surface area contributed by atoms with Crippen LogP contribution in [0.2, 0.25) is 0 Å². The first-order valence-electron chi connectivity index (χ1n) is 5.73. The zero-order chi connectivity index (χ0) is 10.5. The minimum Gasteiger partial charge on any atom is -0.496 e. The van der Waals surface area contributed by atoms with E-state index in [0.29, 0.717) is 0 Å². The second kappa shape index (κ2) is 6.77. The Balaban J connectivity index is 0.00000128. The maximum Gasteiger partial charge on any atom is 0.122 e. The van der Waals surface area contributed by atoms with Crippen LogP contribution >= 0.6 is 12.4 Å². The number of hydrogen-bond donors (Lipinski definition) is 1. The van der Waals surface area contributed by atoms with E-state index in [1.54, 1.807) is 7.11 Å². The minimum atomic E-state index is 0. The molecule has 90 valence electrons. The molecule has 1 fully saturated rings. The number of ether oxygens (including phenoxy) is 1. The lowest BCUT2D eigenvalue weighted by Crippen LogP contribution is -2.30. The van der Waals surface area contributed by atoms with Crippen molar-refractivity contribution < 1.29 is 4.74 Å². The molecule has 0 bridgehead atoms. The van der Waals surface area contributed by atoms with Gasteiger partial charge in [0.25, 0.3) is 0 Å². The van der Waals surface area contributed by atoms with E-state index in [1.807, 2.05) is 12.1 Å². The lowest BCUT2D eigenvalue weighted by atomic mass is 9.92. The fourth-order valence-corrected chi connectivity index (χ4v) is 2.28. The van der Waals surface area contributed by atoms with Gasteiger partial charge in [-0.3, -0.25) is 0 Å². The van der Waals surface area contributed by atoms with Gasteiger partial charge in [0, 0.05) is 0 Å². The Kier molecular flexibility index (Phi) is 5.64. The van der Waals surface area contributed by atoms with Gasteiger partial charge in [0.2, 0.25) is 0 Å². The number of halogens is 1. The van der Waals surface area contributed by atoms with Crippen LogP contribution in [-0.4, -0.2) is 20.2 Å². The van der Waals surface area contributed by atoms with Gasteiger partial charge in [0.1, 0.15) is 5.75 Å². The SMILES string of the molecule is COc1ccccc1CC1CCCNC1.Cl. The molecule has 0 spiro atoms. The van der Waals surface area contributed by atoms with Crippen LogP contribution in [0.3, 0.4) is 0 Å². The predicted molar refractivity (Wildman–Crippen MR) is 69.5 cm³/mol. The molecule has 1 saturated heterocycles. The highest BCUT2D eigenvalue weighted by atomic mass is 35.5. The number of para-hydroxylation sites is 1. The molecule has 3 heteroatoms. The van der Waals surface area contributed by atoms with Crippen LogP contribution in [0.25, 0.3) is 0 Å². The number of piperidine rings is 1. The summed E-state index contributed by atoms with van der Waals surface area (Å²) in [6.07, 6.45) is 3.78. The summed E-state index contributed by atoms with van der Waals surface area (Å²) in [6.45, 7) is 2.33. The summed E-state index contributed by atoms with van der Waals surface area (Å²) in [5.74, 6) is 1.80. The summed E-state index contributed by atoms with van der Waals surface area (Å²) >= 11 is 0. The molecular weight excluding hydrogens is 222 g/mol. The highest BCUT2D eigenvalue weighted by Crippen LogP contribution is 2.23. The van der Waals surface area contributed by atoms with E-state index in [2.05, 4.69) is 17.4 Å². The molecule has 1 heterocycles. The quantitative estimate of drug-likeness (QED) is 0.879. The number of hydrogen-bond acceptors (Lipinski definition) is 2. The van der Waals surface area contributed by atoms with Crippen molar-refractivity contribution in [3.8, 4) is 5.75 Å². The van der Waals surface area contributed by atoms with Gasteiger partial charge in [-0.2, -0.15) is 0 Å². The molecule has 1 unspecified atom stereocenters. The molecule has 16 heavy (non-hydrogen) atoms. The number of nitrogens with one attached hydrogen (secondary N) is 1. The molecule has 0 amide bonds. The van der Waals surface area contributed by atoms with Crippen LogP contribution in [0.5, 0.6) is 5.75 Å². The molecule has 2 nitrogen and oxygen atoms in total. The van der Waals surface area contributed by atoms with E-state index in [4.69, 9.17) is 4.74 Å². The van der Waals surface area contributed by atoms with Crippen molar-refractivity contribution in [1.29, 1.82) is 0 Å². The van der Waals surface area contributed by atoms with Crippen molar-refractivity contribution in [3.63, 3.8) is 0 Å². The average molecular weight is 242 g/mol. The van der Waals surface area contributed by atoms with E-state index >= 15 is 0 Å². The molecule has 1 aromatic carbocycles. The van der Waals surface area contributed by atoms with Crippen LogP contribution < -0.4 is 10.1 Å². The van der Waals surface area contributed by atoms with E-state index in [9.17, 15) is 0 Å². The zero-order valence-corrected chi connectivity index (χ0v) is 10.6. The zero-order valence-electron chi connectivity index (χ0n) is 9.74. The van der Waals surface area contributed by atoms with Crippen molar-refractivity contribution in [2.24, 2.45) is 5.92 Å². The van der Waals surface area contributed by atoms with Gasteiger partial charge in [-0.05, 0) is 49.9 Å². The molecule has 1 aliphatic heterocycles. The Morgan fingerprint density at radius 1 is 1.38 bits per heavy atom. The van der Waals surface area contributed by atoms with Crippen molar-refractivity contribution in [2.75, 3.05) is 20.2 Å². The second-order valence-electron chi connectivity index (χ2n) is 4.23. The van der Waals surface area contributed by atoms with E-state index in [-0.39, 0.29) is 12.4 Å². The molecule has 1 atom stereocenters. The topological polar surface area (TPSA) is 21.3 Å². The molecule has 0 saturated carbocycles. The van der Waals surface area contributed by atoms with Crippen molar-refractivity contribution >= 4 is 12.4 Å². The molecule has 2 rings (SSSR count). The standard InChI is InChI=1S/C13H19NO.ClH/c1-15-13-7-3-2-6-12(13)9-11-5-4-8-14-10-11;/h2-3,6-7,11,14H,4-5,8-10H2,1H3;1H. The third-order valence-corrected chi connectivity index (χ3v) is 3.10. The van der Waals surface area contributed by atoms with E-state index in [0.717, 1.165) is 24.6 Å². The number of methoxy groups -OCH3 is 1. The largest absolute Gasteiger partial charge is 0.496 e. The van der Waals surface area contributed by atoms with Crippen LogP contribution in [0.15, 0.2) is 24.3 Å². The first-order chi connectivity index (χ1) is 7.40. The Bertz CT molecular complexity index is 311. The first kappa shape index (κ1) is 13.3. The third-order valence-electron chi connectivity index (χ3n) is 3.10. The Morgan fingerprint density at radius 3 is 2.88 bits per heavy atom. The monoisotopic (exact) mass is 241 g/mol. The Morgan fingerprint density at radius 2 is 2.19 bits per heavy atom. The van der Waals surface area contributed by atoms with Crippen molar-refractivity contribution in [3.05, 3.63) is 29.8 Å². The molecule has 0 aromatic heterocycles. The number of benzene rings is 1. The fraction of sp³-hybridized carbons (Fsp3) is 0.538. The van der Waals surface area contributed by atoms with Crippen molar-refractivity contribution in [2.45, 2.75) is 19.3 Å². The van der Waals surface area contributed by atoms with Gasteiger partial charge in [-0.25, -0.2) is 0 Å². The third kappa shape index (κ3) is 3.39. The van der Waals surface area contributed by atoms with Crippen LogP contribution in [-0.2, 0) is 6.42 Å². The fourth-order valence-electron chi connectivity index (χ4n) is 2.28. The van der Waals surface area contributed by atoms with Crippen LogP contribution in [0.1, 0.15) is 18.4 Å². The predicted octanol–water partition coefficient (Wildman–Crippen LogP) is 2.66. The van der Waals surface area contributed by atoms with Gasteiger partial charge in [-0.15, -0.1) is 12.4 Å². The van der Waals surface area contributed by atoms with Gasteiger partial charge in [0.05, 0.1) is 7.11 Å². The number of rotatable bonds is 3. The Hall–Kier alpha value is -0.730. The minimum absolute atomic E-state index is 0. The summed E-state index contributed by atoms with van der Waals surface area (Å²) in [4.78, 5) is 0. The Labute approximate surface area is 104 Å². The summed E-state index contributed by atoms with van der Waals surface area (Å²) < 4.78 is 5.37. The summed E-state index contributed by atoms with van der Waals surface area (Å²) in [6, 6.07) is 8.34. The van der Waals surface area contributed by atoms with Crippen molar-refractivity contribution in [1.82, 2.24) is 5.32 Å². The van der Waals surface area contributed by atoms with Gasteiger partial charge >= 0.3 is 0 Å². The highest BCUT2D eigenvalue weighted by molar-refractivity contribution is 5.85. The molecule has 1 aliphatic rings. The summed E-state index contributed by atoms with van der Waals surface area (Å²) in [5, 5.41) is 3.45.